The summed E-state index contributed by atoms with van der Waals surface area (Å²) in [5.74, 6) is -1.98. The molecule has 0 aromatic heterocycles. The Morgan fingerprint density at radius 1 is 1.41 bits per heavy atom. The van der Waals surface area contributed by atoms with E-state index < -0.39 is 17.7 Å². The fourth-order valence-electron chi connectivity index (χ4n) is 1.62. The van der Waals surface area contributed by atoms with Gasteiger partial charge in [0.15, 0.2) is 0 Å². The average Bonchev–Trinajstić information content (AvgIpc) is 2.54. The Kier molecular flexibility index (Phi) is 2.85. The van der Waals surface area contributed by atoms with Crippen LogP contribution in [-0.2, 0) is 14.3 Å². The van der Waals surface area contributed by atoms with E-state index in [4.69, 9.17) is 11.6 Å². The first-order valence-corrected chi connectivity index (χ1v) is 5.15. The predicted molar refractivity (Wildman–Crippen MR) is 60.2 cm³/mol. The van der Waals surface area contributed by atoms with Crippen molar-refractivity contribution in [2.24, 2.45) is 0 Å². The Balaban J connectivity index is 2.42. The molecular formula is C11H8ClNO4. The van der Waals surface area contributed by atoms with Gasteiger partial charge in [0.25, 0.3) is 11.7 Å². The average molecular weight is 254 g/mol. The minimum absolute atomic E-state index is 0.253. The number of nitrogens with zero attached hydrogens (tertiary/aromatic N) is 1. The van der Waals surface area contributed by atoms with Gasteiger partial charge in [0.05, 0.1) is 18.4 Å². The first kappa shape index (κ1) is 11.6. The van der Waals surface area contributed by atoms with E-state index in [1.54, 1.807) is 0 Å². The maximum Gasteiger partial charge on any atom is 0.325 e. The van der Waals surface area contributed by atoms with Crippen LogP contribution in [-0.4, -0.2) is 31.3 Å². The molecular weight excluding hydrogens is 246 g/mol. The third kappa shape index (κ3) is 1.89. The number of Topliss-reactive ketones (excluding diaryl/α,β-unsaturated/α-hetero) is 1. The molecule has 0 saturated heterocycles. The Morgan fingerprint density at radius 2 is 2.12 bits per heavy atom. The van der Waals surface area contributed by atoms with E-state index in [9.17, 15) is 14.4 Å². The minimum atomic E-state index is -0.743. The number of anilines is 1. The molecule has 5 nitrogen and oxygen atoms in total. The summed E-state index contributed by atoms with van der Waals surface area (Å²) in [6.45, 7) is -0.297. The summed E-state index contributed by atoms with van der Waals surface area (Å²) < 4.78 is 4.46. The standard InChI is InChI=1S/C11H8ClNO4/c1-17-9(14)5-13-8-4-6(12)2-3-7(8)10(15)11(13)16/h2-4H,5H2,1H3. The number of ketones is 1. The van der Waals surface area contributed by atoms with Crippen LogP contribution < -0.4 is 4.90 Å². The second-order valence-electron chi connectivity index (χ2n) is 3.46. The molecule has 2 rings (SSSR count). The lowest BCUT2D eigenvalue weighted by Crippen LogP contribution is -2.35. The van der Waals surface area contributed by atoms with Crippen LogP contribution in [0.2, 0.25) is 5.02 Å². The monoisotopic (exact) mass is 253 g/mol. The molecule has 1 aromatic carbocycles. The molecule has 0 aliphatic carbocycles. The van der Waals surface area contributed by atoms with Gasteiger partial charge < -0.3 is 4.74 Å². The number of amides is 1. The van der Waals surface area contributed by atoms with Gasteiger partial charge in [-0.3, -0.25) is 19.3 Å². The lowest BCUT2D eigenvalue weighted by atomic mass is 10.1. The molecule has 6 heteroatoms. The van der Waals surface area contributed by atoms with Crippen molar-refractivity contribution in [1.82, 2.24) is 0 Å². The molecule has 0 bridgehead atoms. The zero-order valence-electron chi connectivity index (χ0n) is 8.90. The Hall–Kier alpha value is -1.88. The molecule has 1 aromatic rings. The highest BCUT2D eigenvalue weighted by Gasteiger charge is 2.37. The van der Waals surface area contributed by atoms with Crippen LogP contribution in [0.5, 0.6) is 0 Å². The molecule has 17 heavy (non-hydrogen) atoms. The fourth-order valence-corrected chi connectivity index (χ4v) is 1.78. The van der Waals surface area contributed by atoms with Gasteiger partial charge >= 0.3 is 5.97 Å². The summed E-state index contributed by atoms with van der Waals surface area (Å²) in [5, 5.41) is 0.390. The van der Waals surface area contributed by atoms with E-state index in [-0.39, 0.29) is 12.1 Å². The van der Waals surface area contributed by atoms with Gasteiger partial charge in [-0.1, -0.05) is 11.6 Å². The summed E-state index contributed by atoms with van der Waals surface area (Å²) in [7, 11) is 1.21. The van der Waals surface area contributed by atoms with Crippen molar-refractivity contribution in [3.05, 3.63) is 28.8 Å². The second-order valence-corrected chi connectivity index (χ2v) is 3.89. The highest BCUT2D eigenvalue weighted by molar-refractivity contribution is 6.52. The predicted octanol–water partition coefficient (Wildman–Crippen LogP) is 1.04. The van der Waals surface area contributed by atoms with Gasteiger partial charge in [-0.05, 0) is 18.2 Å². The number of halogens is 1. The smallest absolute Gasteiger partial charge is 0.325 e. The topological polar surface area (TPSA) is 63.7 Å². The van der Waals surface area contributed by atoms with Crippen molar-refractivity contribution in [3.63, 3.8) is 0 Å². The van der Waals surface area contributed by atoms with Gasteiger partial charge in [0, 0.05) is 5.02 Å². The van der Waals surface area contributed by atoms with Crippen LogP contribution in [0.15, 0.2) is 18.2 Å². The highest BCUT2D eigenvalue weighted by Crippen LogP contribution is 2.31. The summed E-state index contributed by atoms with van der Waals surface area (Å²) in [6.07, 6.45) is 0. The molecule has 0 radical (unpaired) electrons. The lowest BCUT2D eigenvalue weighted by molar-refractivity contribution is -0.139. The second kappa shape index (κ2) is 4.18. The summed E-state index contributed by atoms with van der Waals surface area (Å²) >= 11 is 5.79. The van der Waals surface area contributed by atoms with E-state index >= 15 is 0 Å². The maximum atomic E-state index is 11.7. The van der Waals surface area contributed by atoms with Crippen molar-refractivity contribution in [2.45, 2.75) is 0 Å². The number of rotatable bonds is 2. The summed E-state index contributed by atoms with van der Waals surface area (Å²) in [6, 6.07) is 4.46. The molecule has 0 saturated carbocycles. The van der Waals surface area contributed by atoms with Crippen LogP contribution in [0, 0.1) is 0 Å². The summed E-state index contributed by atoms with van der Waals surface area (Å²) in [5.41, 5.74) is 0.598. The number of methoxy groups -OCH3 is 1. The number of fused-ring (bicyclic) bond motifs is 1. The van der Waals surface area contributed by atoms with E-state index in [0.29, 0.717) is 10.7 Å². The van der Waals surface area contributed by atoms with E-state index in [1.165, 1.54) is 25.3 Å². The van der Waals surface area contributed by atoms with Gasteiger partial charge in [-0.2, -0.15) is 0 Å². The lowest BCUT2D eigenvalue weighted by Gasteiger charge is -2.14. The van der Waals surface area contributed by atoms with E-state index in [2.05, 4.69) is 4.74 Å². The maximum absolute atomic E-state index is 11.7. The summed E-state index contributed by atoms with van der Waals surface area (Å²) in [4.78, 5) is 35.5. The zero-order valence-corrected chi connectivity index (χ0v) is 9.65. The SMILES string of the molecule is COC(=O)CN1C(=O)C(=O)c2ccc(Cl)cc21. The van der Waals surface area contributed by atoms with Crippen molar-refractivity contribution in [1.29, 1.82) is 0 Å². The van der Waals surface area contributed by atoms with Crippen LogP contribution >= 0.6 is 11.6 Å². The number of hydrogen-bond donors (Lipinski definition) is 0. The minimum Gasteiger partial charge on any atom is -0.468 e. The number of ether oxygens (including phenoxy) is 1. The molecule has 1 aliphatic heterocycles. The number of carbonyl (C=O) groups excluding carboxylic acids is 3. The van der Waals surface area contributed by atoms with Crippen molar-refractivity contribution >= 4 is 34.9 Å². The largest absolute Gasteiger partial charge is 0.468 e. The van der Waals surface area contributed by atoms with Crippen molar-refractivity contribution in [3.8, 4) is 0 Å². The highest BCUT2D eigenvalue weighted by atomic mass is 35.5. The molecule has 0 atom stereocenters. The third-order valence-corrected chi connectivity index (χ3v) is 2.68. The van der Waals surface area contributed by atoms with Crippen LogP contribution in [0.25, 0.3) is 0 Å². The normalized spacial score (nSPS) is 13.9. The van der Waals surface area contributed by atoms with Crippen LogP contribution in [0.1, 0.15) is 10.4 Å². The van der Waals surface area contributed by atoms with Crippen molar-refractivity contribution < 1.29 is 19.1 Å². The molecule has 0 unspecified atom stereocenters. The van der Waals surface area contributed by atoms with Gasteiger partial charge in [-0.15, -0.1) is 0 Å². The molecule has 0 fully saturated rings. The number of esters is 1. The quantitative estimate of drug-likeness (QED) is 0.584. The number of hydrogen-bond acceptors (Lipinski definition) is 4. The Bertz CT molecular complexity index is 526. The van der Waals surface area contributed by atoms with Crippen LogP contribution in [0.4, 0.5) is 5.69 Å². The Labute approximate surface area is 102 Å². The van der Waals surface area contributed by atoms with E-state index in [1.807, 2.05) is 0 Å². The number of carbonyl (C=O) groups is 3. The van der Waals surface area contributed by atoms with Gasteiger partial charge in [-0.25, -0.2) is 0 Å². The van der Waals surface area contributed by atoms with Crippen LogP contribution in [0.3, 0.4) is 0 Å². The third-order valence-electron chi connectivity index (χ3n) is 2.45. The van der Waals surface area contributed by atoms with Gasteiger partial charge in [0.1, 0.15) is 6.54 Å². The molecule has 1 heterocycles. The molecule has 1 amide bonds. The van der Waals surface area contributed by atoms with Gasteiger partial charge in [0.2, 0.25) is 0 Å². The number of benzene rings is 1. The first-order chi connectivity index (χ1) is 8.04. The van der Waals surface area contributed by atoms with Crippen molar-refractivity contribution in [2.75, 3.05) is 18.6 Å². The Morgan fingerprint density at radius 3 is 2.76 bits per heavy atom. The molecule has 0 N–H and O–H groups in total. The first-order valence-electron chi connectivity index (χ1n) is 4.77. The molecule has 1 aliphatic rings. The molecule has 0 spiro atoms. The fraction of sp³-hybridized carbons (Fsp3) is 0.182. The van der Waals surface area contributed by atoms with E-state index in [0.717, 1.165) is 4.90 Å². The molecule has 88 valence electrons. The zero-order chi connectivity index (χ0) is 12.6.